The molecule has 2 aliphatic rings. The van der Waals surface area contributed by atoms with Crippen LogP contribution in [0.4, 0.5) is 18.9 Å². The van der Waals surface area contributed by atoms with E-state index in [1.54, 1.807) is 6.08 Å². The first kappa shape index (κ1) is 26.7. The smallest absolute Gasteiger partial charge is 0.255 e. The Morgan fingerprint density at radius 1 is 1.17 bits per heavy atom. The van der Waals surface area contributed by atoms with Crippen molar-refractivity contribution in [2.45, 2.75) is 41.4 Å². The van der Waals surface area contributed by atoms with Crippen LogP contribution in [0.1, 0.15) is 36.0 Å². The Morgan fingerprint density at radius 3 is 2.36 bits per heavy atom. The summed E-state index contributed by atoms with van der Waals surface area (Å²) in [6.45, 7) is 3.94. The minimum atomic E-state index is -4.00. The Kier molecular flexibility index (Phi) is 7.52. The van der Waals surface area contributed by atoms with Crippen LogP contribution in [0.5, 0.6) is 0 Å². The van der Waals surface area contributed by atoms with Gasteiger partial charge in [0.15, 0.2) is 27.3 Å². The fourth-order valence-electron chi connectivity index (χ4n) is 5.43. The molecule has 0 heterocycles. The molecule has 1 amide bonds. The summed E-state index contributed by atoms with van der Waals surface area (Å²) in [5.41, 5.74) is -1.58. The van der Waals surface area contributed by atoms with Crippen LogP contribution in [0.15, 0.2) is 47.9 Å². The zero-order chi connectivity index (χ0) is 26.3. The Balaban J connectivity index is 1.57. The van der Waals surface area contributed by atoms with Crippen LogP contribution in [0.25, 0.3) is 0 Å². The second-order valence-corrected chi connectivity index (χ2v) is 11.9. The number of sulfone groups is 1. The zero-order valence-corrected chi connectivity index (χ0v) is 20.7. The molecule has 0 aromatic heterocycles. The molecule has 2 saturated carbocycles. The summed E-state index contributed by atoms with van der Waals surface area (Å²) >= 11 is 6.25. The molecule has 2 aliphatic carbocycles. The van der Waals surface area contributed by atoms with Gasteiger partial charge in [0.25, 0.3) is 5.91 Å². The molecule has 2 fully saturated rings. The number of aliphatic hydroxyl groups is 1. The van der Waals surface area contributed by atoms with Crippen LogP contribution in [0, 0.1) is 29.3 Å². The van der Waals surface area contributed by atoms with E-state index in [-0.39, 0.29) is 59.1 Å². The Labute approximate surface area is 212 Å². The SMILES string of the molecule is C=CCOC[C@]1(O)CC2CCC(C1)[C@H]2S(=O)(=O)c1cc(C(=O)Nc2cc(F)c(F)c(F)c2)ccc1Cl. The molecular formula is C25H25ClF3NO5S. The van der Waals surface area contributed by atoms with Gasteiger partial charge in [-0.15, -0.1) is 6.58 Å². The average Bonchev–Trinajstić information content (AvgIpc) is 3.11. The molecule has 2 N–H and O–H groups in total. The van der Waals surface area contributed by atoms with Gasteiger partial charge in [-0.1, -0.05) is 17.7 Å². The van der Waals surface area contributed by atoms with Gasteiger partial charge in [-0.25, -0.2) is 21.6 Å². The molecule has 2 bridgehead atoms. The monoisotopic (exact) mass is 543 g/mol. The Hall–Kier alpha value is -2.40. The largest absolute Gasteiger partial charge is 0.387 e. The summed E-state index contributed by atoms with van der Waals surface area (Å²) in [4.78, 5) is 12.5. The summed E-state index contributed by atoms with van der Waals surface area (Å²) in [6.07, 6.45) is 3.33. The molecule has 2 unspecified atom stereocenters. The number of ether oxygens (including phenoxy) is 1. The zero-order valence-electron chi connectivity index (χ0n) is 19.1. The number of carbonyl (C=O) groups excluding carboxylic acids is 1. The number of hydrogen-bond acceptors (Lipinski definition) is 5. The van der Waals surface area contributed by atoms with Gasteiger partial charge in [0.1, 0.15) is 0 Å². The van der Waals surface area contributed by atoms with Gasteiger partial charge in [-0.2, -0.15) is 0 Å². The number of fused-ring (bicyclic) bond motifs is 2. The van der Waals surface area contributed by atoms with Crippen molar-refractivity contribution in [3.05, 3.63) is 71.0 Å². The summed E-state index contributed by atoms with van der Waals surface area (Å²) in [6, 6.07) is 4.89. The third-order valence-electron chi connectivity index (χ3n) is 6.83. The molecule has 0 aliphatic heterocycles. The van der Waals surface area contributed by atoms with Crippen molar-refractivity contribution in [2.75, 3.05) is 18.5 Å². The molecule has 11 heteroatoms. The fourth-order valence-corrected chi connectivity index (χ4v) is 8.28. The van der Waals surface area contributed by atoms with E-state index in [1.165, 1.54) is 12.1 Å². The minimum Gasteiger partial charge on any atom is -0.387 e. The standard InChI is InChI=1S/C25H25ClF3NO5S/c1-2-7-35-13-25(32)11-15-3-4-16(12-25)23(15)36(33,34)21-8-14(5-6-18(21)26)24(31)30-17-9-19(27)22(29)20(28)10-17/h2,5-6,8-10,15-16,23,32H,1,3-4,7,11-13H2,(H,30,31)/t15?,16?,23-,25-. The summed E-state index contributed by atoms with van der Waals surface area (Å²) < 4.78 is 73.1. The van der Waals surface area contributed by atoms with E-state index in [9.17, 15) is 31.5 Å². The highest BCUT2D eigenvalue weighted by atomic mass is 35.5. The van der Waals surface area contributed by atoms with Gasteiger partial charge in [0.2, 0.25) is 0 Å². The molecule has 0 radical (unpaired) electrons. The quantitative estimate of drug-likeness (QED) is 0.280. The molecule has 0 saturated heterocycles. The van der Waals surface area contributed by atoms with Crippen molar-refractivity contribution in [3.63, 3.8) is 0 Å². The highest BCUT2D eigenvalue weighted by molar-refractivity contribution is 7.92. The van der Waals surface area contributed by atoms with E-state index in [1.807, 2.05) is 0 Å². The van der Waals surface area contributed by atoms with Crippen LogP contribution in [0.2, 0.25) is 5.02 Å². The van der Waals surface area contributed by atoms with E-state index < -0.39 is 44.0 Å². The normalized spacial score (nSPS) is 25.5. The first-order valence-electron chi connectivity index (χ1n) is 11.4. The first-order valence-corrected chi connectivity index (χ1v) is 13.3. The molecule has 2 atom stereocenters. The third kappa shape index (κ3) is 5.18. The van der Waals surface area contributed by atoms with Gasteiger partial charge in [-0.05, 0) is 55.7 Å². The second kappa shape index (κ2) is 10.2. The number of amides is 1. The van der Waals surface area contributed by atoms with Crippen molar-refractivity contribution in [3.8, 4) is 0 Å². The highest BCUT2D eigenvalue weighted by Gasteiger charge is 2.54. The van der Waals surface area contributed by atoms with Crippen LogP contribution < -0.4 is 5.32 Å². The molecular weight excluding hydrogens is 519 g/mol. The van der Waals surface area contributed by atoms with E-state index in [0.29, 0.717) is 25.0 Å². The molecule has 0 spiro atoms. The van der Waals surface area contributed by atoms with Crippen molar-refractivity contribution in [2.24, 2.45) is 11.8 Å². The lowest BCUT2D eigenvalue weighted by atomic mass is 9.77. The lowest BCUT2D eigenvalue weighted by Crippen LogP contribution is -2.48. The average molecular weight is 544 g/mol. The van der Waals surface area contributed by atoms with Gasteiger partial charge in [-0.3, -0.25) is 4.79 Å². The van der Waals surface area contributed by atoms with Gasteiger partial charge >= 0.3 is 0 Å². The molecule has 4 rings (SSSR count). The minimum absolute atomic E-state index is 0.0695. The second-order valence-electron chi connectivity index (χ2n) is 9.40. The highest BCUT2D eigenvalue weighted by Crippen LogP contribution is 2.51. The van der Waals surface area contributed by atoms with Crippen molar-refractivity contribution < 1.29 is 36.2 Å². The predicted molar refractivity (Wildman–Crippen MR) is 128 cm³/mol. The van der Waals surface area contributed by atoms with E-state index in [0.717, 1.165) is 6.07 Å². The maximum absolute atomic E-state index is 13.7. The predicted octanol–water partition coefficient (Wildman–Crippen LogP) is 4.91. The van der Waals surface area contributed by atoms with Crippen molar-refractivity contribution in [1.82, 2.24) is 0 Å². The lowest BCUT2D eigenvalue weighted by molar-refractivity contribution is -0.0778. The van der Waals surface area contributed by atoms with Crippen LogP contribution in [-0.4, -0.2) is 43.5 Å². The molecule has 2 aromatic rings. The number of anilines is 1. The molecule has 36 heavy (non-hydrogen) atoms. The topological polar surface area (TPSA) is 92.7 Å². The first-order chi connectivity index (χ1) is 16.9. The molecule has 6 nitrogen and oxygen atoms in total. The van der Waals surface area contributed by atoms with Gasteiger partial charge in [0, 0.05) is 23.4 Å². The Morgan fingerprint density at radius 2 is 1.78 bits per heavy atom. The van der Waals surface area contributed by atoms with E-state index in [4.69, 9.17) is 16.3 Å². The molecule has 194 valence electrons. The summed E-state index contributed by atoms with van der Waals surface area (Å²) in [5, 5.41) is 12.4. The van der Waals surface area contributed by atoms with Crippen LogP contribution >= 0.6 is 11.6 Å². The maximum Gasteiger partial charge on any atom is 0.255 e. The van der Waals surface area contributed by atoms with Crippen LogP contribution in [-0.2, 0) is 14.6 Å². The van der Waals surface area contributed by atoms with E-state index >= 15 is 0 Å². The van der Waals surface area contributed by atoms with Gasteiger partial charge in [0.05, 0.1) is 34.0 Å². The maximum atomic E-state index is 13.7. The van der Waals surface area contributed by atoms with Gasteiger partial charge < -0.3 is 15.2 Å². The van der Waals surface area contributed by atoms with Crippen molar-refractivity contribution >= 4 is 33.0 Å². The number of rotatable bonds is 8. The summed E-state index contributed by atoms with van der Waals surface area (Å²) in [5.74, 6) is -6.11. The van der Waals surface area contributed by atoms with E-state index in [2.05, 4.69) is 11.9 Å². The number of benzene rings is 2. The third-order valence-corrected chi connectivity index (χ3v) is 9.71. The Bertz CT molecular complexity index is 1270. The molecule has 2 aromatic carbocycles. The lowest BCUT2D eigenvalue weighted by Gasteiger charge is -2.40. The number of carbonyl (C=O) groups is 1. The number of halogens is 4. The van der Waals surface area contributed by atoms with Crippen LogP contribution in [0.3, 0.4) is 0 Å². The fraction of sp³-hybridized carbons (Fsp3) is 0.400. The number of hydrogen-bond donors (Lipinski definition) is 2. The van der Waals surface area contributed by atoms with Crippen molar-refractivity contribution in [1.29, 1.82) is 0 Å². The number of nitrogens with one attached hydrogen (secondary N) is 1. The summed E-state index contributed by atoms with van der Waals surface area (Å²) in [7, 11) is -4.00.